The van der Waals surface area contributed by atoms with Gasteiger partial charge in [0.1, 0.15) is 11.9 Å². The number of amides is 1. The summed E-state index contributed by atoms with van der Waals surface area (Å²) in [5.74, 6) is 0.821. The van der Waals surface area contributed by atoms with Gasteiger partial charge in [0.25, 0.3) is 0 Å². The molecule has 5 heteroatoms. The van der Waals surface area contributed by atoms with Crippen molar-refractivity contribution in [1.29, 1.82) is 0 Å². The Labute approximate surface area is 108 Å². The van der Waals surface area contributed by atoms with Gasteiger partial charge in [0, 0.05) is 19.5 Å². The number of ether oxygens (including phenoxy) is 2. The van der Waals surface area contributed by atoms with Crippen molar-refractivity contribution in [2.75, 3.05) is 26.3 Å². The molecule has 1 saturated heterocycles. The van der Waals surface area contributed by atoms with E-state index in [4.69, 9.17) is 9.47 Å². The van der Waals surface area contributed by atoms with Crippen LogP contribution in [-0.2, 0) is 9.47 Å². The van der Waals surface area contributed by atoms with Crippen molar-refractivity contribution in [1.82, 2.24) is 4.90 Å². The molecular formula is C13H22N2O3. The summed E-state index contributed by atoms with van der Waals surface area (Å²) in [5.41, 5.74) is 0. The molecule has 2 aliphatic rings. The molecule has 2 fully saturated rings. The van der Waals surface area contributed by atoms with Crippen LogP contribution in [-0.4, -0.2) is 49.2 Å². The first kappa shape index (κ1) is 13.3. The van der Waals surface area contributed by atoms with Crippen molar-refractivity contribution < 1.29 is 14.3 Å². The lowest BCUT2D eigenvalue weighted by Crippen LogP contribution is -2.41. The first-order chi connectivity index (χ1) is 8.79. The first-order valence-corrected chi connectivity index (χ1v) is 6.90. The largest absolute Gasteiger partial charge is 0.445 e. The van der Waals surface area contributed by atoms with Crippen LogP contribution in [0.4, 0.5) is 4.79 Å². The van der Waals surface area contributed by atoms with Crippen molar-refractivity contribution in [3.05, 3.63) is 0 Å². The lowest BCUT2D eigenvalue weighted by Gasteiger charge is -2.29. The van der Waals surface area contributed by atoms with Crippen LogP contribution in [0.1, 0.15) is 39.0 Å². The quantitative estimate of drug-likeness (QED) is 0.560. The topological polar surface area (TPSA) is 51.1 Å². The average Bonchev–Trinajstić information content (AvgIpc) is 2.90. The van der Waals surface area contributed by atoms with E-state index < -0.39 is 6.09 Å². The van der Waals surface area contributed by atoms with E-state index in [-0.39, 0.29) is 6.10 Å². The van der Waals surface area contributed by atoms with Crippen LogP contribution in [0.15, 0.2) is 4.99 Å². The molecule has 2 rings (SSSR count). The molecule has 0 aromatic carbocycles. The molecule has 5 nitrogen and oxygen atoms in total. The standard InChI is InChI=1S/C13H22N2O3/c1-2-12(15-7-9-17-10-8-15)14-13(16)18-11-5-3-4-6-11/h11H,2-10H2,1H3. The van der Waals surface area contributed by atoms with Crippen LogP contribution in [0.5, 0.6) is 0 Å². The number of carbonyl (C=O) groups is 1. The number of morpholine rings is 1. The molecule has 0 unspecified atom stereocenters. The number of rotatable bonds is 2. The number of carbonyl (C=O) groups excluding carboxylic acids is 1. The Hall–Kier alpha value is -1.10. The monoisotopic (exact) mass is 254 g/mol. The molecule has 1 aliphatic heterocycles. The molecule has 0 bridgehead atoms. The lowest BCUT2D eigenvalue weighted by molar-refractivity contribution is 0.0666. The van der Waals surface area contributed by atoms with E-state index >= 15 is 0 Å². The van der Waals surface area contributed by atoms with E-state index in [1.807, 2.05) is 6.92 Å². The molecule has 0 aromatic heterocycles. The summed E-state index contributed by atoms with van der Waals surface area (Å²) >= 11 is 0. The van der Waals surface area contributed by atoms with E-state index in [1.54, 1.807) is 0 Å². The van der Waals surface area contributed by atoms with E-state index in [0.717, 1.165) is 51.0 Å². The molecule has 1 amide bonds. The molecule has 1 saturated carbocycles. The Morgan fingerprint density at radius 3 is 2.61 bits per heavy atom. The number of hydrogen-bond donors (Lipinski definition) is 0. The number of aliphatic imine (C=N–C) groups is 1. The lowest BCUT2D eigenvalue weighted by atomic mass is 10.3. The summed E-state index contributed by atoms with van der Waals surface area (Å²) in [5, 5.41) is 0. The van der Waals surface area contributed by atoms with Gasteiger partial charge in [-0.05, 0) is 25.7 Å². The second kappa shape index (κ2) is 6.73. The third-order valence-corrected chi connectivity index (χ3v) is 3.48. The van der Waals surface area contributed by atoms with E-state index in [1.165, 1.54) is 0 Å². The second-order valence-corrected chi connectivity index (χ2v) is 4.77. The predicted octanol–water partition coefficient (Wildman–Crippen LogP) is 2.21. The summed E-state index contributed by atoms with van der Waals surface area (Å²) in [6.07, 6.45) is 4.70. The Balaban J connectivity index is 1.88. The van der Waals surface area contributed by atoms with Crippen molar-refractivity contribution in [2.24, 2.45) is 4.99 Å². The van der Waals surface area contributed by atoms with Gasteiger partial charge in [0.2, 0.25) is 0 Å². The van der Waals surface area contributed by atoms with Gasteiger partial charge < -0.3 is 14.4 Å². The van der Waals surface area contributed by atoms with Crippen molar-refractivity contribution in [3.8, 4) is 0 Å². The maximum absolute atomic E-state index is 11.7. The number of hydrogen-bond acceptors (Lipinski definition) is 3. The zero-order valence-electron chi connectivity index (χ0n) is 11.1. The highest BCUT2D eigenvalue weighted by molar-refractivity contribution is 5.91. The van der Waals surface area contributed by atoms with Crippen molar-refractivity contribution in [2.45, 2.75) is 45.1 Å². The fourth-order valence-corrected chi connectivity index (χ4v) is 2.48. The molecule has 0 atom stereocenters. The van der Waals surface area contributed by atoms with Crippen LogP contribution < -0.4 is 0 Å². The summed E-state index contributed by atoms with van der Waals surface area (Å²) < 4.78 is 10.6. The summed E-state index contributed by atoms with van der Waals surface area (Å²) in [7, 11) is 0. The summed E-state index contributed by atoms with van der Waals surface area (Å²) in [6.45, 7) is 5.04. The van der Waals surface area contributed by atoms with E-state index in [0.29, 0.717) is 13.2 Å². The Morgan fingerprint density at radius 1 is 1.33 bits per heavy atom. The van der Waals surface area contributed by atoms with Gasteiger partial charge in [-0.3, -0.25) is 0 Å². The van der Waals surface area contributed by atoms with Crippen LogP contribution >= 0.6 is 0 Å². The minimum Gasteiger partial charge on any atom is -0.445 e. The molecule has 0 radical (unpaired) electrons. The maximum Gasteiger partial charge on any atom is 0.435 e. The van der Waals surface area contributed by atoms with Gasteiger partial charge in [0.15, 0.2) is 0 Å². The van der Waals surface area contributed by atoms with Gasteiger partial charge in [-0.1, -0.05) is 6.92 Å². The smallest absolute Gasteiger partial charge is 0.435 e. The van der Waals surface area contributed by atoms with Gasteiger partial charge in [-0.15, -0.1) is 0 Å². The van der Waals surface area contributed by atoms with Gasteiger partial charge in [0.05, 0.1) is 13.2 Å². The first-order valence-electron chi connectivity index (χ1n) is 6.90. The average molecular weight is 254 g/mol. The Kier molecular flexibility index (Phi) is 4.99. The van der Waals surface area contributed by atoms with Crippen LogP contribution in [0.2, 0.25) is 0 Å². The van der Waals surface area contributed by atoms with Crippen LogP contribution in [0.3, 0.4) is 0 Å². The minimum absolute atomic E-state index is 0.0871. The highest BCUT2D eigenvalue weighted by Crippen LogP contribution is 2.21. The van der Waals surface area contributed by atoms with Crippen molar-refractivity contribution >= 4 is 11.9 Å². The molecule has 102 valence electrons. The van der Waals surface area contributed by atoms with Gasteiger partial charge in [-0.25, -0.2) is 4.79 Å². The van der Waals surface area contributed by atoms with E-state index in [9.17, 15) is 4.79 Å². The fraction of sp³-hybridized carbons (Fsp3) is 0.846. The maximum atomic E-state index is 11.7. The van der Waals surface area contributed by atoms with Gasteiger partial charge >= 0.3 is 6.09 Å². The Bertz CT molecular complexity index is 305. The summed E-state index contributed by atoms with van der Waals surface area (Å²) in [6, 6.07) is 0. The van der Waals surface area contributed by atoms with Crippen LogP contribution in [0.25, 0.3) is 0 Å². The summed E-state index contributed by atoms with van der Waals surface area (Å²) in [4.78, 5) is 18.0. The zero-order chi connectivity index (χ0) is 12.8. The SMILES string of the molecule is CCC(=NC(=O)OC1CCCC1)N1CCOCC1. The molecule has 0 spiro atoms. The number of amidine groups is 1. The normalized spacial score (nSPS) is 22.3. The van der Waals surface area contributed by atoms with Gasteiger partial charge in [-0.2, -0.15) is 4.99 Å². The number of nitrogens with zero attached hydrogens (tertiary/aromatic N) is 2. The third kappa shape index (κ3) is 3.70. The van der Waals surface area contributed by atoms with Crippen LogP contribution in [0, 0.1) is 0 Å². The molecule has 1 aliphatic carbocycles. The third-order valence-electron chi connectivity index (χ3n) is 3.48. The predicted molar refractivity (Wildman–Crippen MR) is 68.9 cm³/mol. The molecule has 0 N–H and O–H groups in total. The molecular weight excluding hydrogens is 232 g/mol. The fourth-order valence-electron chi connectivity index (χ4n) is 2.48. The highest BCUT2D eigenvalue weighted by atomic mass is 16.6. The minimum atomic E-state index is -0.426. The molecule has 18 heavy (non-hydrogen) atoms. The van der Waals surface area contributed by atoms with Crippen molar-refractivity contribution in [3.63, 3.8) is 0 Å². The zero-order valence-corrected chi connectivity index (χ0v) is 11.1. The molecule has 0 aromatic rings. The van der Waals surface area contributed by atoms with E-state index in [2.05, 4.69) is 9.89 Å². The highest BCUT2D eigenvalue weighted by Gasteiger charge is 2.20. The second-order valence-electron chi connectivity index (χ2n) is 4.77. The Morgan fingerprint density at radius 2 is 2.00 bits per heavy atom. The molecule has 1 heterocycles.